The van der Waals surface area contributed by atoms with E-state index >= 15 is 0 Å². The Hall–Kier alpha value is -1.99. The van der Waals surface area contributed by atoms with Gasteiger partial charge in [-0.2, -0.15) is 10.1 Å². The third kappa shape index (κ3) is 2.95. The second-order valence-corrected chi connectivity index (χ2v) is 6.11. The molecule has 2 aromatic rings. The van der Waals surface area contributed by atoms with E-state index in [1.165, 1.54) is 23.0 Å². The normalized spacial score (nSPS) is 15.2. The van der Waals surface area contributed by atoms with Crippen molar-refractivity contribution in [2.45, 2.75) is 6.92 Å². The van der Waals surface area contributed by atoms with Crippen molar-refractivity contribution in [2.24, 2.45) is 5.10 Å². The minimum Gasteiger partial charge on any atom is -0.492 e. The third-order valence-electron chi connectivity index (χ3n) is 3.04. The van der Waals surface area contributed by atoms with Gasteiger partial charge in [0.25, 0.3) is 5.91 Å². The van der Waals surface area contributed by atoms with Crippen LogP contribution in [0.25, 0.3) is 10.9 Å². The molecule has 1 amide bonds. The highest BCUT2D eigenvalue weighted by molar-refractivity contribution is 8.23. The lowest BCUT2D eigenvalue weighted by atomic mass is 10.2. The molecule has 0 atom stereocenters. The van der Waals surface area contributed by atoms with Crippen LogP contribution in [-0.2, 0) is 4.79 Å². The number of ether oxygens (including phenoxy) is 1. The zero-order valence-corrected chi connectivity index (χ0v) is 13.5. The molecular weight excluding hydrogens is 318 g/mol. The molecule has 2 heterocycles. The van der Waals surface area contributed by atoms with Gasteiger partial charge in [0.05, 0.1) is 24.3 Å². The molecule has 5 nitrogen and oxygen atoms in total. The van der Waals surface area contributed by atoms with E-state index < -0.39 is 0 Å². The fraction of sp³-hybridized carbons (Fsp3) is 0.200. The molecule has 7 heteroatoms. The molecule has 0 bridgehead atoms. The number of carbonyl (C=O) groups excluding carboxylic acids is 1. The first-order valence-electron chi connectivity index (χ1n) is 6.75. The molecule has 1 saturated heterocycles. The predicted molar refractivity (Wildman–Crippen MR) is 92.4 cm³/mol. The van der Waals surface area contributed by atoms with E-state index in [0.29, 0.717) is 22.4 Å². The van der Waals surface area contributed by atoms with Crippen LogP contribution >= 0.6 is 24.0 Å². The minimum absolute atomic E-state index is 0.109. The lowest BCUT2D eigenvalue weighted by molar-refractivity contribution is -0.123. The van der Waals surface area contributed by atoms with Crippen LogP contribution in [0, 0.1) is 0 Å². The Morgan fingerprint density at radius 1 is 1.45 bits per heavy atom. The molecule has 22 heavy (non-hydrogen) atoms. The SMILES string of the molecule is CCOc1cccc2ccc(C=NN3C(=O)CSC3=S)nc12. The van der Waals surface area contributed by atoms with E-state index in [9.17, 15) is 4.79 Å². The van der Waals surface area contributed by atoms with Crippen LogP contribution in [0.2, 0.25) is 0 Å². The second-order valence-electron chi connectivity index (χ2n) is 4.50. The molecule has 1 fully saturated rings. The lowest BCUT2D eigenvalue weighted by Crippen LogP contribution is -2.22. The van der Waals surface area contributed by atoms with E-state index in [1.54, 1.807) is 0 Å². The number of fused-ring (bicyclic) bond motifs is 1. The Labute approximate surface area is 137 Å². The highest BCUT2D eigenvalue weighted by Crippen LogP contribution is 2.24. The van der Waals surface area contributed by atoms with E-state index in [1.807, 2.05) is 37.3 Å². The summed E-state index contributed by atoms with van der Waals surface area (Å²) in [5.74, 6) is 0.969. The molecule has 0 N–H and O–H groups in total. The van der Waals surface area contributed by atoms with Crippen LogP contribution < -0.4 is 4.74 Å². The Morgan fingerprint density at radius 3 is 3.05 bits per heavy atom. The number of hydrazone groups is 1. The average Bonchev–Trinajstić information content (AvgIpc) is 2.85. The van der Waals surface area contributed by atoms with Crippen molar-refractivity contribution >= 4 is 51.3 Å². The van der Waals surface area contributed by atoms with Gasteiger partial charge in [-0.3, -0.25) is 4.79 Å². The summed E-state index contributed by atoms with van der Waals surface area (Å²) in [6.45, 7) is 2.51. The third-order valence-corrected chi connectivity index (χ3v) is 4.38. The Bertz CT molecular complexity index is 760. The summed E-state index contributed by atoms with van der Waals surface area (Å²) in [6, 6.07) is 9.59. The number of para-hydroxylation sites is 1. The summed E-state index contributed by atoms with van der Waals surface area (Å²) in [6.07, 6.45) is 1.54. The monoisotopic (exact) mass is 331 g/mol. The number of amides is 1. The van der Waals surface area contributed by atoms with Crippen LogP contribution in [0.5, 0.6) is 5.75 Å². The van der Waals surface area contributed by atoms with Gasteiger partial charge in [0.2, 0.25) is 0 Å². The first kappa shape index (κ1) is 14.9. The zero-order chi connectivity index (χ0) is 15.5. The van der Waals surface area contributed by atoms with Crippen molar-refractivity contribution in [2.75, 3.05) is 12.4 Å². The number of pyridine rings is 1. The lowest BCUT2D eigenvalue weighted by Gasteiger charge is -2.08. The van der Waals surface area contributed by atoms with Crippen molar-refractivity contribution in [3.05, 3.63) is 36.0 Å². The molecule has 0 radical (unpaired) electrons. The van der Waals surface area contributed by atoms with Gasteiger partial charge in [0, 0.05) is 5.39 Å². The van der Waals surface area contributed by atoms with E-state index in [-0.39, 0.29) is 5.91 Å². The van der Waals surface area contributed by atoms with Crippen molar-refractivity contribution in [1.29, 1.82) is 0 Å². The van der Waals surface area contributed by atoms with Gasteiger partial charge in [0.15, 0.2) is 4.32 Å². The highest BCUT2D eigenvalue weighted by Gasteiger charge is 2.25. The molecule has 0 spiro atoms. The van der Waals surface area contributed by atoms with E-state index in [0.717, 1.165) is 16.7 Å². The number of hydrogen-bond donors (Lipinski definition) is 0. The van der Waals surface area contributed by atoms with Crippen LogP contribution in [0.1, 0.15) is 12.6 Å². The topological polar surface area (TPSA) is 54.8 Å². The fourth-order valence-electron chi connectivity index (χ4n) is 2.05. The molecule has 1 aromatic carbocycles. The molecule has 0 aliphatic carbocycles. The quantitative estimate of drug-likeness (QED) is 0.637. The maximum atomic E-state index is 11.6. The molecule has 3 rings (SSSR count). The van der Waals surface area contributed by atoms with Crippen LogP contribution in [0.4, 0.5) is 0 Å². The average molecular weight is 331 g/mol. The van der Waals surface area contributed by atoms with Gasteiger partial charge in [-0.15, -0.1) is 0 Å². The predicted octanol–water partition coefficient (Wildman–Crippen LogP) is 2.83. The highest BCUT2D eigenvalue weighted by atomic mass is 32.2. The fourth-order valence-corrected chi connectivity index (χ4v) is 3.02. The van der Waals surface area contributed by atoms with Gasteiger partial charge in [0.1, 0.15) is 11.3 Å². The largest absolute Gasteiger partial charge is 0.492 e. The van der Waals surface area contributed by atoms with Crippen molar-refractivity contribution in [1.82, 2.24) is 9.99 Å². The minimum atomic E-state index is -0.109. The molecule has 0 unspecified atom stereocenters. The van der Waals surface area contributed by atoms with Gasteiger partial charge >= 0.3 is 0 Å². The Balaban J connectivity index is 1.93. The number of aromatic nitrogens is 1. The number of rotatable bonds is 4. The standard InChI is InChI=1S/C15H13N3O2S2/c1-2-20-12-5-3-4-10-6-7-11(17-14(10)12)8-16-18-13(19)9-22-15(18)21/h3-8H,2,9H2,1H3. The van der Waals surface area contributed by atoms with Crippen molar-refractivity contribution < 1.29 is 9.53 Å². The van der Waals surface area contributed by atoms with E-state index in [4.69, 9.17) is 17.0 Å². The summed E-state index contributed by atoms with van der Waals surface area (Å²) in [5.41, 5.74) is 1.42. The summed E-state index contributed by atoms with van der Waals surface area (Å²) in [4.78, 5) is 16.2. The zero-order valence-electron chi connectivity index (χ0n) is 11.9. The number of hydrogen-bond acceptors (Lipinski definition) is 6. The van der Waals surface area contributed by atoms with Crippen molar-refractivity contribution in [3.63, 3.8) is 0 Å². The van der Waals surface area contributed by atoms with Gasteiger partial charge < -0.3 is 4.74 Å². The molecule has 1 aliphatic heterocycles. The maximum Gasteiger partial charge on any atom is 0.259 e. The summed E-state index contributed by atoms with van der Waals surface area (Å²) >= 11 is 6.39. The maximum absolute atomic E-state index is 11.6. The summed E-state index contributed by atoms with van der Waals surface area (Å²) in [7, 11) is 0. The summed E-state index contributed by atoms with van der Waals surface area (Å²) in [5, 5.41) is 6.36. The van der Waals surface area contributed by atoms with Crippen LogP contribution in [-0.4, -0.2) is 38.8 Å². The Morgan fingerprint density at radius 2 is 2.32 bits per heavy atom. The number of thiocarbonyl (C=S) groups is 1. The smallest absolute Gasteiger partial charge is 0.259 e. The first-order chi connectivity index (χ1) is 10.7. The van der Waals surface area contributed by atoms with Crippen molar-refractivity contribution in [3.8, 4) is 5.75 Å². The molecule has 0 saturated carbocycles. The van der Waals surface area contributed by atoms with Crippen LogP contribution in [0.15, 0.2) is 35.4 Å². The number of thioether (sulfide) groups is 1. The van der Waals surface area contributed by atoms with Gasteiger partial charge in [-0.25, -0.2) is 4.98 Å². The first-order valence-corrected chi connectivity index (χ1v) is 8.14. The number of nitrogens with zero attached hydrogens (tertiary/aromatic N) is 3. The molecule has 112 valence electrons. The van der Waals surface area contributed by atoms with Gasteiger partial charge in [-0.05, 0) is 19.1 Å². The van der Waals surface area contributed by atoms with Crippen LogP contribution in [0.3, 0.4) is 0 Å². The second kappa shape index (κ2) is 6.41. The van der Waals surface area contributed by atoms with Gasteiger partial charge in [-0.1, -0.05) is 42.2 Å². The Kier molecular flexibility index (Phi) is 4.35. The molecular formula is C15H13N3O2S2. The van der Waals surface area contributed by atoms with E-state index in [2.05, 4.69) is 10.1 Å². The molecule has 1 aromatic heterocycles. The number of carbonyl (C=O) groups is 1. The summed E-state index contributed by atoms with van der Waals surface area (Å²) < 4.78 is 6.06. The molecule has 1 aliphatic rings. The number of benzene rings is 1.